The van der Waals surface area contributed by atoms with E-state index < -0.39 is 47.7 Å². The van der Waals surface area contributed by atoms with Crippen LogP contribution in [-0.2, 0) is 12.4 Å². The second-order valence-electron chi connectivity index (χ2n) is 4.21. The van der Waals surface area contributed by atoms with Crippen LogP contribution in [0.2, 0.25) is 0 Å². The number of aliphatic hydroxyl groups excluding tert-OH is 2. The van der Waals surface area contributed by atoms with E-state index in [1.165, 1.54) is 6.07 Å². The molecular weight excluding hydrogens is 304 g/mol. The summed E-state index contributed by atoms with van der Waals surface area (Å²) in [6.45, 7) is 0. The standard InChI is InChI=1S/C12H9F6NO2/c13-11(14,15)7-3-6(10(21)9(20)1-2-19)4-8(5-7)12(16,17)18/h3-5,9-10,20-21H,1H2. The molecule has 0 spiro atoms. The van der Waals surface area contributed by atoms with Gasteiger partial charge in [-0.1, -0.05) is 0 Å². The summed E-state index contributed by atoms with van der Waals surface area (Å²) in [7, 11) is 0. The zero-order chi connectivity index (χ0) is 16.4. The van der Waals surface area contributed by atoms with Crippen LogP contribution in [0, 0.1) is 11.3 Å². The van der Waals surface area contributed by atoms with Crippen molar-refractivity contribution in [3.05, 3.63) is 34.9 Å². The minimum Gasteiger partial charge on any atom is -0.389 e. The number of hydrogen-bond acceptors (Lipinski definition) is 3. The van der Waals surface area contributed by atoms with Gasteiger partial charge < -0.3 is 10.2 Å². The molecule has 21 heavy (non-hydrogen) atoms. The number of hydrogen-bond donors (Lipinski definition) is 2. The summed E-state index contributed by atoms with van der Waals surface area (Å²) in [5.41, 5.74) is -3.97. The predicted octanol–water partition coefficient (Wildman–Crippen LogP) is 3.03. The highest BCUT2D eigenvalue weighted by molar-refractivity contribution is 5.35. The van der Waals surface area contributed by atoms with Crippen LogP contribution in [0.25, 0.3) is 0 Å². The highest BCUT2D eigenvalue weighted by atomic mass is 19.4. The Morgan fingerprint density at radius 2 is 1.38 bits per heavy atom. The molecule has 0 fully saturated rings. The summed E-state index contributed by atoms with van der Waals surface area (Å²) in [5.74, 6) is 0. The average molecular weight is 313 g/mol. The first-order valence-electron chi connectivity index (χ1n) is 5.49. The van der Waals surface area contributed by atoms with Crippen molar-refractivity contribution in [2.24, 2.45) is 0 Å². The molecule has 116 valence electrons. The van der Waals surface area contributed by atoms with Crippen molar-refractivity contribution < 1.29 is 36.6 Å². The summed E-state index contributed by atoms with van der Waals surface area (Å²) in [5, 5.41) is 27.2. The maximum absolute atomic E-state index is 12.6. The Morgan fingerprint density at radius 1 is 0.952 bits per heavy atom. The molecule has 9 heteroatoms. The number of alkyl halides is 6. The van der Waals surface area contributed by atoms with Crippen molar-refractivity contribution in [1.82, 2.24) is 0 Å². The van der Waals surface area contributed by atoms with Crippen LogP contribution in [0.4, 0.5) is 26.3 Å². The minimum absolute atomic E-state index is 0.0904. The molecule has 0 saturated heterocycles. The Morgan fingerprint density at radius 3 is 1.71 bits per heavy atom. The van der Waals surface area contributed by atoms with Crippen molar-refractivity contribution >= 4 is 0 Å². The minimum atomic E-state index is -5.05. The zero-order valence-corrected chi connectivity index (χ0v) is 10.2. The fraction of sp³-hybridized carbons (Fsp3) is 0.417. The van der Waals surface area contributed by atoms with E-state index in [1.54, 1.807) is 0 Å². The number of halogens is 6. The Kier molecular flexibility index (Phi) is 4.86. The van der Waals surface area contributed by atoms with Gasteiger partial charge in [0.1, 0.15) is 6.10 Å². The van der Waals surface area contributed by atoms with E-state index in [1.807, 2.05) is 0 Å². The van der Waals surface area contributed by atoms with Crippen LogP contribution in [0.1, 0.15) is 29.2 Å². The maximum atomic E-state index is 12.6. The Hall–Kier alpha value is -1.79. The van der Waals surface area contributed by atoms with E-state index in [4.69, 9.17) is 5.26 Å². The van der Waals surface area contributed by atoms with Crippen LogP contribution in [0.15, 0.2) is 18.2 Å². The van der Waals surface area contributed by atoms with Crippen LogP contribution in [-0.4, -0.2) is 16.3 Å². The van der Waals surface area contributed by atoms with Gasteiger partial charge in [-0.2, -0.15) is 31.6 Å². The van der Waals surface area contributed by atoms with Gasteiger partial charge >= 0.3 is 12.4 Å². The normalized spacial score (nSPS) is 15.4. The first kappa shape index (κ1) is 17.3. The third-order valence-electron chi connectivity index (χ3n) is 2.62. The molecular formula is C12H9F6NO2. The summed E-state index contributed by atoms with van der Waals surface area (Å²) in [6.07, 6.45) is -14.6. The van der Waals surface area contributed by atoms with Gasteiger partial charge in [0.25, 0.3) is 0 Å². The summed E-state index contributed by atoms with van der Waals surface area (Å²) in [4.78, 5) is 0. The van der Waals surface area contributed by atoms with Crippen LogP contribution in [0.3, 0.4) is 0 Å². The van der Waals surface area contributed by atoms with Gasteiger partial charge in [0.05, 0.1) is 29.7 Å². The quantitative estimate of drug-likeness (QED) is 0.843. The maximum Gasteiger partial charge on any atom is 0.416 e. The third-order valence-corrected chi connectivity index (χ3v) is 2.62. The topological polar surface area (TPSA) is 64.2 Å². The Bertz CT molecular complexity index is 514. The molecule has 2 N–H and O–H groups in total. The van der Waals surface area contributed by atoms with Crippen LogP contribution >= 0.6 is 0 Å². The zero-order valence-electron chi connectivity index (χ0n) is 10.2. The fourth-order valence-corrected chi connectivity index (χ4v) is 1.58. The van der Waals surface area contributed by atoms with E-state index in [9.17, 15) is 36.6 Å². The predicted molar refractivity (Wildman–Crippen MR) is 57.6 cm³/mol. The van der Waals surface area contributed by atoms with Gasteiger partial charge in [-0.15, -0.1) is 0 Å². The van der Waals surface area contributed by atoms with Gasteiger partial charge in [0.2, 0.25) is 0 Å². The molecule has 0 radical (unpaired) electrons. The molecule has 0 aliphatic carbocycles. The lowest BCUT2D eigenvalue weighted by atomic mass is 9.97. The molecule has 0 aliphatic heterocycles. The van der Waals surface area contributed by atoms with Crippen LogP contribution in [0.5, 0.6) is 0 Å². The lowest BCUT2D eigenvalue weighted by molar-refractivity contribution is -0.143. The van der Waals surface area contributed by atoms with Gasteiger partial charge in [-0.3, -0.25) is 0 Å². The number of nitrogens with zero attached hydrogens (tertiary/aromatic N) is 1. The smallest absolute Gasteiger partial charge is 0.389 e. The van der Waals surface area contributed by atoms with E-state index in [-0.39, 0.29) is 6.07 Å². The third kappa shape index (κ3) is 4.34. The van der Waals surface area contributed by atoms with Gasteiger partial charge in [0, 0.05) is 0 Å². The molecule has 3 nitrogen and oxygen atoms in total. The summed E-state index contributed by atoms with van der Waals surface area (Å²) >= 11 is 0. The Labute approximate surface area is 115 Å². The lowest BCUT2D eigenvalue weighted by Crippen LogP contribution is -2.20. The van der Waals surface area contributed by atoms with E-state index >= 15 is 0 Å². The van der Waals surface area contributed by atoms with E-state index in [0.717, 1.165) is 0 Å². The van der Waals surface area contributed by atoms with E-state index in [2.05, 4.69) is 0 Å². The van der Waals surface area contributed by atoms with Crippen molar-refractivity contribution in [1.29, 1.82) is 5.26 Å². The summed E-state index contributed by atoms with van der Waals surface area (Å²) in [6, 6.07) is 1.98. The highest BCUT2D eigenvalue weighted by Gasteiger charge is 2.37. The SMILES string of the molecule is N#CCC(O)C(O)c1cc(C(F)(F)F)cc(C(F)(F)F)c1. The van der Waals surface area contributed by atoms with Gasteiger partial charge in [0.15, 0.2) is 0 Å². The number of benzene rings is 1. The van der Waals surface area contributed by atoms with Crippen molar-refractivity contribution in [2.45, 2.75) is 31.0 Å². The molecule has 0 saturated carbocycles. The number of rotatable bonds is 3. The molecule has 0 aliphatic rings. The first-order chi connectivity index (χ1) is 9.46. The van der Waals surface area contributed by atoms with Crippen molar-refractivity contribution in [2.75, 3.05) is 0 Å². The lowest BCUT2D eigenvalue weighted by Gasteiger charge is -2.19. The highest BCUT2D eigenvalue weighted by Crippen LogP contribution is 2.37. The van der Waals surface area contributed by atoms with Gasteiger partial charge in [-0.25, -0.2) is 0 Å². The second-order valence-corrected chi connectivity index (χ2v) is 4.21. The Balaban J connectivity index is 3.36. The first-order valence-corrected chi connectivity index (χ1v) is 5.49. The fourth-order valence-electron chi connectivity index (χ4n) is 1.58. The molecule has 0 heterocycles. The molecule has 0 bridgehead atoms. The molecule has 2 atom stereocenters. The van der Waals surface area contributed by atoms with Crippen molar-refractivity contribution in [3.8, 4) is 6.07 Å². The number of nitriles is 1. The molecule has 1 aromatic rings. The number of aliphatic hydroxyl groups is 2. The largest absolute Gasteiger partial charge is 0.416 e. The second kappa shape index (κ2) is 5.91. The molecule has 1 aromatic carbocycles. The summed E-state index contributed by atoms with van der Waals surface area (Å²) < 4.78 is 75.5. The molecule has 1 rings (SSSR count). The molecule has 2 unspecified atom stereocenters. The average Bonchev–Trinajstić information content (AvgIpc) is 2.35. The monoisotopic (exact) mass is 313 g/mol. The van der Waals surface area contributed by atoms with Gasteiger partial charge in [-0.05, 0) is 23.8 Å². The van der Waals surface area contributed by atoms with Crippen LogP contribution < -0.4 is 0 Å². The van der Waals surface area contributed by atoms with Crippen molar-refractivity contribution in [3.63, 3.8) is 0 Å². The molecule has 0 amide bonds. The van der Waals surface area contributed by atoms with E-state index in [0.29, 0.717) is 12.1 Å². The molecule has 0 aromatic heterocycles.